The van der Waals surface area contributed by atoms with Gasteiger partial charge < -0.3 is 25.7 Å². The van der Waals surface area contributed by atoms with Crippen LogP contribution in [0.1, 0.15) is 110 Å². The Morgan fingerprint density at radius 1 is 1.06 bits per heavy atom. The largest absolute Gasteiger partial charge is 0.385 e. The van der Waals surface area contributed by atoms with Crippen LogP contribution in [0.5, 0.6) is 0 Å². The number of H-pyrrole nitrogens is 1. The standard InChI is InChI=1S/C35H51N7O8/c1-6-10-23(27(44)31(47)36-22-13-14-22)37-30(46)24-16-35(17-25(40-50-35)41-18-20(2)29(45)39-33(41)49)19-42(24)32(48)28(34(3,4)5)38-26(43)15-21-11-8-7-9-12-21/h18,21-24,28H,6-17,19H2,1-5H3,(H,36,47)(H,37,46)(H,38,43)(H,39,45,49)/t23-,24?,28+,35-/m0/s1. The molecule has 15 heteroatoms. The van der Waals surface area contributed by atoms with E-state index in [4.69, 9.17) is 4.84 Å². The van der Waals surface area contributed by atoms with Gasteiger partial charge in [0.05, 0.1) is 19.0 Å². The van der Waals surface area contributed by atoms with Crippen LogP contribution in [0.2, 0.25) is 0 Å². The van der Waals surface area contributed by atoms with Crippen molar-refractivity contribution in [1.29, 1.82) is 0 Å². The number of Topliss-reactive ketones (excluding diaryl/α,β-unsaturated/α-hetero) is 1. The van der Waals surface area contributed by atoms with Gasteiger partial charge in [0.15, 0.2) is 11.4 Å². The Morgan fingerprint density at radius 3 is 2.40 bits per heavy atom. The zero-order chi connectivity index (χ0) is 36.4. The van der Waals surface area contributed by atoms with Gasteiger partial charge in [-0.1, -0.05) is 58.5 Å². The molecule has 2 aliphatic heterocycles. The minimum Gasteiger partial charge on any atom is -0.385 e. The fourth-order valence-electron chi connectivity index (χ4n) is 7.15. The number of aromatic amines is 1. The number of nitrogens with zero attached hydrogens (tertiary/aromatic N) is 3. The lowest BCUT2D eigenvalue weighted by Crippen LogP contribution is -2.59. The average molecular weight is 698 g/mol. The van der Waals surface area contributed by atoms with E-state index in [2.05, 4.69) is 26.1 Å². The van der Waals surface area contributed by atoms with Crippen molar-refractivity contribution in [2.75, 3.05) is 6.54 Å². The lowest BCUT2D eigenvalue weighted by atomic mass is 9.84. The number of carbonyl (C=O) groups excluding carboxylic acids is 5. The Labute approximate surface area is 291 Å². The van der Waals surface area contributed by atoms with Crippen LogP contribution in [0.15, 0.2) is 20.9 Å². The first-order valence-electron chi connectivity index (χ1n) is 17.9. The SMILES string of the molecule is CCC[C@H](NC(=O)C1C[C@]2(CC(n3cc(C)c(=O)[nH]c3=O)=NO2)CN1C(=O)[C@@H](NC(=O)CC1CCCCC1)C(C)(C)C)C(=O)C(=O)NC1CC1. The van der Waals surface area contributed by atoms with Gasteiger partial charge in [0.25, 0.3) is 11.5 Å². The first-order valence-corrected chi connectivity index (χ1v) is 17.9. The number of aryl methyl sites for hydroxylation is 1. The van der Waals surface area contributed by atoms with E-state index in [9.17, 15) is 33.6 Å². The van der Waals surface area contributed by atoms with Crippen LogP contribution in [-0.2, 0) is 28.8 Å². The number of ketones is 1. The summed E-state index contributed by atoms with van der Waals surface area (Å²) < 4.78 is 1.17. The van der Waals surface area contributed by atoms with Crippen molar-refractivity contribution >= 4 is 35.2 Å². The Hall–Kier alpha value is -4.30. The maximum Gasteiger partial charge on any atom is 0.333 e. The van der Waals surface area contributed by atoms with Crippen LogP contribution in [0.25, 0.3) is 0 Å². The highest BCUT2D eigenvalue weighted by atomic mass is 16.7. The summed E-state index contributed by atoms with van der Waals surface area (Å²) in [7, 11) is 0. The second kappa shape index (κ2) is 14.9. The molecule has 3 heterocycles. The molecule has 4 atom stereocenters. The lowest BCUT2D eigenvalue weighted by molar-refractivity contribution is -0.145. The summed E-state index contributed by atoms with van der Waals surface area (Å²) in [5, 5.41) is 12.6. The minimum atomic E-state index is -1.22. The third kappa shape index (κ3) is 8.52. The molecule has 1 spiro atoms. The highest BCUT2D eigenvalue weighted by Crippen LogP contribution is 2.39. The van der Waals surface area contributed by atoms with Crippen LogP contribution in [0.3, 0.4) is 0 Å². The maximum absolute atomic E-state index is 14.6. The van der Waals surface area contributed by atoms with Crippen LogP contribution < -0.4 is 27.2 Å². The Kier molecular flexibility index (Phi) is 11.0. The van der Waals surface area contributed by atoms with E-state index >= 15 is 0 Å². The van der Waals surface area contributed by atoms with Gasteiger partial charge in [-0.2, -0.15) is 0 Å². The van der Waals surface area contributed by atoms with Gasteiger partial charge in [0, 0.05) is 30.6 Å². The number of aromatic nitrogens is 2. The van der Waals surface area contributed by atoms with E-state index in [1.807, 2.05) is 27.7 Å². The van der Waals surface area contributed by atoms with Gasteiger partial charge >= 0.3 is 5.69 Å². The zero-order valence-corrected chi connectivity index (χ0v) is 29.8. The molecule has 1 unspecified atom stereocenters. The monoisotopic (exact) mass is 697 g/mol. The molecule has 5 rings (SSSR count). The number of oxime groups is 1. The smallest absolute Gasteiger partial charge is 0.333 e. The quantitative estimate of drug-likeness (QED) is 0.249. The highest BCUT2D eigenvalue weighted by Gasteiger charge is 2.56. The number of rotatable bonds is 11. The van der Waals surface area contributed by atoms with Crippen LogP contribution in [0, 0.1) is 18.3 Å². The van der Waals surface area contributed by atoms with Crippen LogP contribution >= 0.6 is 0 Å². The molecule has 4 amide bonds. The number of hydrogen-bond donors (Lipinski definition) is 4. The first kappa shape index (κ1) is 37.0. The molecule has 0 radical (unpaired) electrons. The van der Waals surface area contributed by atoms with Crippen LogP contribution in [-0.4, -0.2) is 86.0 Å². The molecule has 0 bridgehead atoms. The van der Waals surface area contributed by atoms with E-state index in [1.54, 1.807) is 6.92 Å². The molecule has 1 aromatic rings. The molecule has 2 saturated carbocycles. The summed E-state index contributed by atoms with van der Waals surface area (Å²) in [5.74, 6) is -2.44. The summed E-state index contributed by atoms with van der Waals surface area (Å²) in [5.41, 5.74) is -2.92. The number of amides is 4. The number of likely N-dealkylation sites (tertiary alicyclic amines) is 1. The third-order valence-electron chi connectivity index (χ3n) is 10.2. The van der Waals surface area contributed by atoms with Crippen molar-refractivity contribution < 1.29 is 28.8 Å². The second-order valence-corrected chi connectivity index (χ2v) is 15.6. The summed E-state index contributed by atoms with van der Waals surface area (Å²) in [6.07, 6.45) is 9.21. The van der Waals surface area contributed by atoms with E-state index in [0.29, 0.717) is 12.8 Å². The lowest BCUT2D eigenvalue weighted by Gasteiger charge is -2.36. The normalized spacial score (nSPS) is 23.5. The topological polar surface area (TPSA) is 201 Å². The average Bonchev–Trinajstić information content (AvgIpc) is 3.66. The van der Waals surface area contributed by atoms with E-state index < -0.39 is 63.9 Å². The molecule has 0 aromatic carbocycles. The highest BCUT2D eigenvalue weighted by molar-refractivity contribution is 6.38. The molecule has 4 aliphatic rings. The van der Waals surface area contributed by atoms with Crippen molar-refractivity contribution in [2.45, 2.75) is 141 Å². The molecule has 3 fully saturated rings. The molecular formula is C35H51N7O8. The summed E-state index contributed by atoms with van der Waals surface area (Å²) in [4.78, 5) is 102. The zero-order valence-electron chi connectivity index (χ0n) is 29.8. The fraction of sp³-hybridized carbons (Fsp3) is 0.714. The van der Waals surface area contributed by atoms with Gasteiger partial charge in [-0.05, 0) is 50.4 Å². The van der Waals surface area contributed by atoms with Crippen molar-refractivity contribution in [2.24, 2.45) is 16.5 Å². The summed E-state index contributed by atoms with van der Waals surface area (Å²) in [6.45, 7) is 8.79. The number of nitrogens with one attached hydrogen (secondary N) is 4. The Morgan fingerprint density at radius 2 is 1.76 bits per heavy atom. The molecular weight excluding hydrogens is 646 g/mol. The molecule has 1 aromatic heterocycles. The van der Waals surface area contributed by atoms with Gasteiger partial charge in [-0.25, -0.2) is 4.79 Å². The van der Waals surface area contributed by atoms with Gasteiger partial charge in [-0.3, -0.25) is 38.3 Å². The van der Waals surface area contributed by atoms with Crippen molar-refractivity contribution in [1.82, 2.24) is 30.4 Å². The molecule has 2 aliphatic carbocycles. The molecule has 4 N–H and O–H groups in total. The molecule has 274 valence electrons. The van der Waals surface area contributed by atoms with Gasteiger partial charge in [0.1, 0.15) is 12.1 Å². The Balaban J connectivity index is 1.41. The van der Waals surface area contributed by atoms with E-state index in [1.165, 1.54) is 15.7 Å². The van der Waals surface area contributed by atoms with Crippen molar-refractivity contribution in [3.05, 3.63) is 32.6 Å². The number of hydrogen-bond acceptors (Lipinski definition) is 9. The second-order valence-electron chi connectivity index (χ2n) is 15.6. The summed E-state index contributed by atoms with van der Waals surface area (Å²) in [6, 6.07) is -3.28. The fourth-order valence-corrected chi connectivity index (χ4v) is 7.15. The Bertz CT molecular complexity index is 1650. The van der Waals surface area contributed by atoms with Crippen molar-refractivity contribution in [3.8, 4) is 0 Å². The number of carbonyl (C=O) groups is 5. The first-order chi connectivity index (χ1) is 23.6. The predicted octanol–water partition coefficient (Wildman–Crippen LogP) is 1.40. The minimum absolute atomic E-state index is 0.0291. The summed E-state index contributed by atoms with van der Waals surface area (Å²) >= 11 is 0. The van der Waals surface area contributed by atoms with E-state index in [0.717, 1.165) is 44.9 Å². The van der Waals surface area contributed by atoms with E-state index in [-0.39, 0.29) is 55.1 Å². The van der Waals surface area contributed by atoms with Gasteiger partial charge in [0.2, 0.25) is 23.5 Å². The maximum atomic E-state index is 14.6. The molecule has 15 nitrogen and oxygen atoms in total. The van der Waals surface area contributed by atoms with Crippen molar-refractivity contribution in [3.63, 3.8) is 0 Å². The molecule has 1 saturated heterocycles. The molecule has 50 heavy (non-hydrogen) atoms. The van der Waals surface area contributed by atoms with Crippen LogP contribution in [0.4, 0.5) is 0 Å². The third-order valence-corrected chi connectivity index (χ3v) is 10.2. The predicted molar refractivity (Wildman–Crippen MR) is 183 cm³/mol. The van der Waals surface area contributed by atoms with Gasteiger partial charge in [-0.15, -0.1) is 0 Å².